The third-order valence-electron chi connectivity index (χ3n) is 2.77. The fraction of sp³-hybridized carbons (Fsp3) is 0.667. The van der Waals surface area contributed by atoms with Crippen LogP contribution in [0.5, 0.6) is 0 Å². The van der Waals surface area contributed by atoms with Crippen LogP contribution in [0, 0.1) is 34.0 Å². The summed E-state index contributed by atoms with van der Waals surface area (Å²) in [6.45, 7) is 6.59. The predicted molar refractivity (Wildman–Crippen MR) is 55.0 cm³/mol. The van der Waals surface area contributed by atoms with Gasteiger partial charge in [0.1, 0.15) is 17.7 Å². The van der Waals surface area contributed by atoms with Gasteiger partial charge in [-0.15, -0.1) is 0 Å². The highest BCUT2D eigenvalue weighted by Gasteiger charge is 2.30. The van der Waals surface area contributed by atoms with Crippen molar-refractivity contribution >= 4 is 0 Å². The average Bonchev–Trinajstić information content (AvgIpc) is 2.02. The Morgan fingerprint density at radius 3 is 2.36 bits per heavy atom. The van der Waals surface area contributed by atoms with Gasteiger partial charge in [0.15, 0.2) is 0 Å². The molecule has 1 atom stereocenters. The van der Waals surface area contributed by atoms with Gasteiger partial charge in [-0.05, 0) is 36.2 Å². The molecule has 0 saturated heterocycles. The lowest BCUT2D eigenvalue weighted by Crippen LogP contribution is -2.23. The molecule has 1 saturated carbocycles. The molecule has 1 aliphatic carbocycles. The van der Waals surface area contributed by atoms with Crippen molar-refractivity contribution in [3.8, 4) is 12.1 Å². The van der Waals surface area contributed by atoms with Crippen LogP contribution in [0.1, 0.15) is 40.0 Å². The van der Waals surface area contributed by atoms with E-state index in [9.17, 15) is 0 Å². The first kappa shape index (κ1) is 10.8. The summed E-state index contributed by atoms with van der Waals surface area (Å²) in [6.07, 6.45) is 2.99. The molecule has 0 heterocycles. The molecule has 0 amide bonds. The van der Waals surface area contributed by atoms with Gasteiger partial charge in [0.2, 0.25) is 0 Å². The highest BCUT2D eigenvalue weighted by Crippen LogP contribution is 2.42. The normalized spacial score (nSPS) is 24.9. The second-order valence-corrected chi connectivity index (χ2v) is 5.06. The zero-order valence-corrected chi connectivity index (χ0v) is 9.09. The van der Waals surface area contributed by atoms with Crippen LogP contribution in [-0.4, -0.2) is 0 Å². The van der Waals surface area contributed by atoms with Crippen molar-refractivity contribution in [3.63, 3.8) is 0 Å². The molecule has 0 bridgehead atoms. The molecule has 1 fully saturated rings. The van der Waals surface area contributed by atoms with Crippen molar-refractivity contribution in [1.82, 2.24) is 0 Å². The topological polar surface area (TPSA) is 47.6 Å². The molecule has 1 unspecified atom stereocenters. The zero-order chi connectivity index (χ0) is 10.8. The molecule has 0 spiro atoms. The van der Waals surface area contributed by atoms with Gasteiger partial charge >= 0.3 is 0 Å². The van der Waals surface area contributed by atoms with E-state index in [1.54, 1.807) is 0 Å². The predicted octanol–water partition coefficient (Wildman–Crippen LogP) is 3.18. The van der Waals surface area contributed by atoms with E-state index in [0.29, 0.717) is 11.5 Å². The van der Waals surface area contributed by atoms with E-state index in [2.05, 4.69) is 20.8 Å². The van der Waals surface area contributed by atoms with Crippen molar-refractivity contribution in [2.24, 2.45) is 11.3 Å². The van der Waals surface area contributed by atoms with Gasteiger partial charge < -0.3 is 0 Å². The third-order valence-corrected chi connectivity index (χ3v) is 2.77. The number of nitriles is 2. The Balaban J connectivity index is 2.99. The quantitative estimate of drug-likeness (QED) is 0.548. The minimum absolute atomic E-state index is 0.242. The smallest absolute Gasteiger partial charge is 0.128 e. The van der Waals surface area contributed by atoms with Crippen molar-refractivity contribution in [2.45, 2.75) is 40.0 Å². The maximum Gasteiger partial charge on any atom is 0.128 e. The van der Waals surface area contributed by atoms with Crippen molar-refractivity contribution in [2.75, 3.05) is 0 Å². The molecule has 2 nitrogen and oxygen atoms in total. The highest BCUT2D eigenvalue weighted by molar-refractivity contribution is 5.41. The Morgan fingerprint density at radius 2 is 1.93 bits per heavy atom. The lowest BCUT2D eigenvalue weighted by molar-refractivity contribution is 0.234. The lowest BCUT2D eigenvalue weighted by atomic mass is 9.70. The second-order valence-electron chi connectivity index (χ2n) is 5.06. The first-order chi connectivity index (χ1) is 6.48. The van der Waals surface area contributed by atoms with Gasteiger partial charge in [0.25, 0.3) is 0 Å². The van der Waals surface area contributed by atoms with E-state index in [1.807, 2.05) is 12.1 Å². The molecular formula is C12H16N2. The summed E-state index contributed by atoms with van der Waals surface area (Å²) in [7, 11) is 0. The monoisotopic (exact) mass is 188 g/mol. The van der Waals surface area contributed by atoms with Crippen molar-refractivity contribution < 1.29 is 0 Å². The van der Waals surface area contributed by atoms with Crippen LogP contribution in [0.4, 0.5) is 0 Å². The number of hydrogen-bond acceptors (Lipinski definition) is 2. The standard InChI is InChI=1S/C12H16N2/c1-9-4-10(11(7-13)8-14)6-12(2,3)5-9/h9H,4-6H2,1-3H3. The molecule has 0 N–H and O–H groups in total. The number of nitrogens with zero attached hydrogens (tertiary/aromatic N) is 2. The second kappa shape index (κ2) is 3.84. The van der Waals surface area contributed by atoms with Crippen LogP contribution >= 0.6 is 0 Å². The van der Waals surface area contributed by atoms with Crippen LogP contribution in [0.15, 0.2) is 11.1 Å². The Kier molecular flexibility index (Phi) is 2.96. The number of rotatable bonds is 0. The fourth-order valence-corrected chi connectivity index (χ4v) is 2.53. The van der Waals surface area contributed by atoms with Crippen LogP contribution in [0.2, 0.25) is 0 Å². The van der Waals surface area contributed by atoms with Gasteiger partial charge in [-0.2, -0.15) is 10.5 Å². The summed E-state index contributed by atoms with van der Waals surface area (Å²) in [5.74, 6) is 0.588. The number of hydrogen-bond donors (Lipinski definition) is 0. The third kappa shape index (κ3) is 2.36. The van der Waals surface area contributed by atoms with Crippen LogP contribution < -0.4 is 0 Å². The van der Waals surface area contributed by atoms with E-state index < -0.39 is 0 Å². The minimum atomic E-state index is 0.242. The highest BCUT2D eigenvalue weighted by atomic mass is 14.4. The van der Waals surface area contributed by atoms with E-state index in [0.717, 1.165) is 18.4 Å². The van der Waals surface area contributed by atoms with Crippen molar-refractivity contribution in [1.29, 1.82) is 10.5 Å². The average molecular weight is 188 g/mol. The molecule has 2 heteroatoms. The van der Waals surface area contributed by atoms with E-state index in [4.69, 9.17) is 10.5 Å². The lowest BCUT2D eigenvalue weighted by Gasteiger charge is -2.35. The molecule has 74 valence electrons. The molecule has 1 rings (SSSR count). The molecule has 0 aromatic heterocycles. The maximum atomic E-state index is 8.80. The largest absolute Gasteiger partial charge is 0.192 e. The molecule has 1 aliphatic rings. The summed E-state index contributed by atoms with van der Waals surface area (Å²) in [6, 6.07) is 4.00. The van der Waals surface area contributed by atoms with E-state index in [1.165, 1.54) is 6.42 Å². The van der Waals surface area contributed by atoms with E-state index in [-0.39, 0.29) is 5.41 Å². The summed E-state index contributed by atoms with van der Waals surface area (Å²) in [4.78, 5) is 0. The zero-order valence-electron chi connectivity index (χ0n) is 9.09. The van der Waals surface area contributed by atoms with E-state index >= 15 is 0 Å². The first-order valence-electron chi connectivity index (χ1n) is 5.01. The maximum absolute atomic E-state index is 8.80. The Labute approximate surface area is 85.8 Å². The summed E-state index contributed by atoms with van der Waals surface area (Å²) in [5, 5.41) is 17.6. The summed E-state index contributed by atoms with van der Waals surface area (Å²) in [5.41, 5.74) is 1.63. The summed E-state index contributed by atoms with van der Waals surface area (Å²) < 4.78 is 0. The molecule has 0 aliphatic heterocycles. The molecular weight excluding hydrogens is 172 g/mol. The summed E-state index contributed by atoms with van der Waals surface area (Å²) >= 11 is 0. The van der Waals surface area contributed by atoms with Crippen LogP contribution in [0.25, 0.3) is 0 Å². The fourth-order valence-electron chi connectivity index (χ4n) is 2.53. The molecule has 0 aromatic rings. The molecule has 0 aromatic carbocycles. The van der Waals surface area contributed by atoms with Gasteiger partial charge in [-0.1, -0.05) is 20.8 Å². The Bertz CT molecular complexity index is 320. The van der Waals surface area contributed by atoms with Gasteiger partial charge in [-0.3, -0.25) is 0 Å². The molecule has 14 heavy (non-hydrogen) atoms. The first-order valence-corrected chi connectivity index (χ1v) is 5.01. The Hall–Kier alpha value is -1.28. The molecule has 0 radical (unpaired) electrons. The Morgan fingerprint density at radius 1 is 1.36 bits per heavy atom. The van der Waals surface area contributed by atoms with Crippen LogP contribution in [-0.2, 0) is 0 Å². The van der Waals surface area contributed by atoms with Crippen molar-refractivity contribution in [3.05, 3.63) is 11.1 Å². The number of allylic oxidation sites excluding steroid dienone is 2. The van der Waals surface area contributed by atoms with Gasteiger partial charge in [0.05, 0.1) is 0 Å². The van der Waals surface area contributed by atoms with Gasteiger partial charge in [-0.25, -0.2) is 0 Å². The van der Waals surface area contributed by atoms with Gasteiger partial charge in [0, 0.05) is 0 Å². The van der Waals surface area contributed by atoms with Crippen LogP contribution in [0.3, 0.4) is 0 Å². The minimum Gasteiger partial charge on any atom is -0.192 e. The SMILES string of the molecule is CC1CC(=C(C#N)C#N)CC(C)(C)C1.